The second-order valence-electron chi connectivity index (χ2n) is 8.26. The summed E-state index contributed by atoms with van der Waals surface area (Å²) in [4.78, 5) is 0. The van der Waals surface area contributed by atoms with Crippen LogP contribution in [0.4, 0.5) is 0 Å². The van der Waals surface area contributed by atoms with E-state index in [9.17, 15) is 0 Å². The largest absolute Gasteiger partial charge is 0.0839 e. The van der Waals surface area contributed by atoms with Gasteiger partial charge in [-0.1, -0.05) is 152 Å². The van der Waals surface area contributed by atoms with Gasteiger partial charge in [-0.2, -0.15) is 0 Å². The molecule has 0 saturated heterocycles. The molecule has 0 aliphatic rings. The topological polar surface area (TPSA) is 0 Å². The number of allylic oxidation sites excluding steroid dienone is 1. The second-order valence-corrected chi connectivity index (χ2v) is 8.26. The fraction of sp³-hybridized carbons (Fsp3) is 0.704. The Labute approximate surface area is 170 Å². The second kappa shape index (κ2) is 19.7. The molecule has 1 aromatic carbocycles. The van der Waals surface area contributed by atoms with Crippen LogP contribution in [0.5, 0.6) is 0 Å². The molecule has 1 rings (SSSR count). The highest BCUT2D eigenvalue weighted by molar-refractivity contribution is 5.48. The number of hydrogen-bond acceptors (Lipinski definition) is 0. The molecule has 0 fully saturated rings. The minimum Gasteiger partial charge on any atom is -0.0839 e. The van der Waals surface area contributed by atoms with Gasteiger partial charge in [0, 0.05) is 0 Å². The molecule has 0 atom stereocenters. The molecule has 27 heavy (non-hydrogen) atoms. The third kappa shape index (κ3) is 16.8. The summed E-state index contributed by atoms with van der Waals surface area (Å²) in [5, 5.41) is 0. The summed E-state index contributed by atoms with van der Waals surface area (Å²) in [6.07, 6.45) is 30.4. The minimum absolute atomic E-state index is 1.23. The minimum atomic E-state index is 1.23. The SMILES string of the molecule is CCCCCCCCCCCCCCCCCCCC=Cc1ccccc1. The van der Waals surface area contributed by atoms with Gasteiger partial charge >= 0.3 is 0 Å². The van der Waals surface area contributed by atoms with Crippen molar-refractivity contribution in [2.24, 2.45) is 0 Å². The summed E-state index contributed by atoms with van der Waals surface area (Å²) in [5.41, 5.74) is 1.32. The van der Waals surface area contributed by atoms with Crippen LogP contribution in [0.25, 0.3) is 6.08 Å². The molecule has 0 radical (unpaired) electrons. The first-order chi connectivity index (χ1) is 13.4. The van der Waals surface area contributed by atoms with E-state index >= 15 is 0 Å². The predicted octanol–water partition coefficient (Wildman–Crippen LogP) is 9.74. The first-order valence-corrected chi connectivity index (χ1v) is 12.1. The summed E-state index contributed by atoms with van der Waals surface area (Å²) in [7, 11) is 0. The van der Waals surface area contributed by atoms with Crippen LogP contribution in [0.2, 0.25) is 0 Å². The van der Waals surface area contributed by atoms with E-state index in [4.69, 9.17) is 0 Å². The Bertz CT molecular complexity index is 417. The third-order valence-corrected chi connectivity index (χ3v) is 5.58. The van der Waals surface area contributed by atoms with E-state index < -0.39 is 0 Å². The zero-order valence-corrected chi connectivity index (χ0v) is 18.3. The van der Waals surface area contributed by atoms with Crippen molar-refractivity contribution in [3.8, 4) is 0 Å². The van der Waals surface area contributed by atoms with Crippen molar-refractivity contribution < 1.29 is 0 Å². The average molecular weight is 371 g/mol. The molecular formula is C27H46. The van der Waals surface area contributed by atoms with E-state index in [-0.39, 0.29) is 0 Å². The molecule has 0 amide bonds. The zero-order chi connectivity index (χ0) is 19.3. The molecule has 0 nitrogen and oxygen atoms in total. The normalized spacial score (nSPS) is 11.4. The molecule has 0 heteroatoms. The van der Waals surface area contributed by atoms with Gasteiger partial charge in [0.05, 0.1) is 0 Å². The van der Waals surface area contributed by atoms with Crippen LogP contribution in [-0.2, 0) is 0 Å². The summed E-state index contributed by atoms with van der Waals surface area (Å²) in [5.74, 6) is 0. The van der Waals surface area contributed by atoms with E-state index in [1.54, 1.807) is 0 Å². The van der Waals surface area contributed by atoms with Crippen LogP contribution in [-0.4, -0.2) is 0 Å². The average Bonchev–Trinajstić information content (AvgIpc) is 2.70. The Kier molecular flexibility index (Phi) is 17.5. The lowest BCUT2D eigenvalue weighted by molar-refractivity contribution is 0.527. The molecule has 0 spiro atoms. The van der Waals surface area contributed by atoms with Crippen molar-refractivity contribution >= 4 is 6.08 Å². The molecule has 1 aromatic rings. The van der Waals surface area contributed by atoms with E-state index in [0.29, 0.717) is 0 Å². The lowest BCUT2D eigenvalue weighted by Crippen LogP contribution is -1.83. The van der Waals surface area contributed by atoms with Crippen molar-refractivity contribution in [2.75, 3.05) is 0 Å². The van der Waals surface area contributed by atoms with Gasteiger partial charge in [0.2, 0.25) is 0 Å². The highest BCUT2D eigenvalue weighted by Gasteiger charge is 1.94. The lowest BCUT2D eigenvalue weighted by Gasteiger charge is -2.03. The van der Waals surface area contributed by atoms with E-state index in [2.05, 4.69) is 49.4 Å². The van der Waals surface area contributed by atoms with Gasteiger partial charge in [0.1, 0.15) is 0 Å². The van der Waals surface area contributed by atoms with Gasteiger partial charge in [-0.05, 0) is 18.4 Å². The number of rotatable bonds is 19. The highest BCUT2D eigenvalue weighted by atomic mass is 14.0. The van der Waals surface area contributed by atoms with Crippen LogP contribution < -0.4 is 0 Å². The summed E-state index contributed by atoms with van der Waals surface area (Å²) in [6.45, 7) is 2.30. The fourth-order valence-corrected chi connectivity index (χ4v) is 3.77. The van der Waals surface area contributed by atoms with Crippen LogP contribution in [0.15, 0.2) is 36.4 Å². The van der Waals surface area contributed by atoms with Crippen molar-refractivity contribution in [1.29, 1.82) is 0 Å². The van der Waals surface area contributed by atoms with E-state index in [1.807, 2.05) is 0 Å². The van der Waals surface area contributed by atoms with Gasteiger partial charge in [0.15, 0.2) is 0 Å². The van der Waals surface area contributed by atoms with Crippen LogP contribution in [0.1, 0.15) is 128 Å². The lowest BCUT2D eigenvalue weighted by atomic mass is 10.0. The number of hydrogen-bond donors (Lipinski definition) is 0. The highest BCUT2D eigenvalue weighted by Crippen LogP contribution is 2.14. The fourth-order valence-electron chi connectivity index (χ4n) is 3.77. The molecule has 0 saturated carbocycles. The molecule has 154 valence electrons. The van der Waals surface area contributed by atoms with Gasteiger partial charge in [-0.3, -0.25) is 0 Å². The van der Waals surface area contributed by atoms with Crippen LogP contribution in [0, 0.1) is 0 Å². The smallest absolute Gasteiger partial charge is 0.0260 e. The Morgan fingerprint density at radius 1 is 0.519 bits per heavy atom. The first kappa shape index (κ1) is 24.0. The summed E-state index contributed by atoms with van der Waals surface area (Å²) >= 11 is 0. The molecule has 0 aromatic heterocycles. The van der Waals surface area contributed by atoms with Crippen molar-refractivity contribution in [3.63, 3.8) is 0 Å². The van der Waals surface area contributed by atoms with Gasteiger partial charge in [-0.15, -0.1) is 0 Å². The predicted molar refractivity (Wildman–Crippen MR) is 124 cm³/mol. The monoisotopic (exact) mass is 370 g/mol. The molecule has 0 unspecified atom stereocenters. The maximum Gasteiger partial charge on any atom is -0.0260 e. The Balaban J connectivity index is 1.71. The van der Waals surface area contributed by atoms with Crippen molar-refractivity contribution in [2.45, 2.75) is 122 Å². The first-order valence-electron chi connectivity index (χ1n) is 12.1. The summed E-state index contributed by atoms with van der Waals surface area (Å²) in [6, 6.07) is 10.6. The zero-order valence-electron chi connectivity index (χ0n) is 18.3. The van der Waals surface area contributed by atoms with E-state index in [1.165, 1.54) is 121 Å². The Morgan fingerprint density at radius 3 is 1.37 bits per heavy atom. The standard InChI is InChI=1S/C27H46/c1-2-3-4-5-6-7-8-9-10-11-12-13-14-15-16-17-18-19-21-24-27-25-22-20-23-26-27/h20-26H,2-19H2,1H3. The van der Waals surface area contributed by atoms with Gasteiger partial charge in [-0.25, -0.2) is 0 Å². The maximum atomic E-state index is 2.33. The van der Waals surface area contributed by atoms with Crippen LogP contribution in [0.3, 0.4) is 0 Å². The Hall–Kier alpha value is -1.04. The van der Waals surface area contributed by atoms with Gasteiger partial charge < -0.3 is 0 Å². The van der Waals surface area contributed by atoms with Crippen molar-refractivity contribution in [1.82, 2.24) is 0 Å². The van der Waals surface area contributed by atoms with Crippen LogP contribution >= 0.6 is 0 Å². The molecule has 0 bridgehead atoms. The number of unbranched alkanes of at least 4 members (excludes halogenated alkanes) is 17. The molecule has 0 aliphatic carbocycles. The van der Waals surface area contributed by atoms with Crippen molar-refractivity contribution in [3.05, 3.63) is 42.0 Å². The summed E-state index contributed by atoms with van der Waals surface area (Å²) < 4.78 is 0. The Morgan fingerprint density at radius 2 is 0.926 bits per heavy atom. The maximum absolute atomic E-state index is 2.33. The quantitative estimate of drug-likeness (QED) is 0.212. The number of benzene rings is 1. The third-order valence-electron chi connectivity index (χ3n) is 5.58. The molecular weight excluding hydrogens is 324 g/mol. The van der Waals surface area contributed by atoms with E-state index in [0.717, 1.165) is 0 Å². The molecule has 0 heterocycles. The van der Waals surface area contributed by atoms with Gasteiger partial charge in [0.25, 0.3) is 0 Å². The molecule has 0 N–H and O–H groups in total. The molecule has 0 aliphatic heterocycles.